The summed E-state index contributed by atoms with van der Waals surface area (Å²) in [6.45, 7) is 18.3. The lowest BCUT2D eigenvalue weighted by Crippen LogP contribution is -2.37. The van der Waals surface area contributed by atoms with E-state index in [-0.39, 0.29) is 0 Å². The van der Waals surface area contributed by atoms with Gasteiger partial charge in [-0.25, -0.2) is 0 Å². The van der Waals surface area contributed by atoms with E-state index in [0.29, 0.717) is 23.8 Å². The highest BCUT2D eigenvalue weighted by Gasteiger charge is 2.25. The maximum atomic E-state index is 6.22. The van der Waals surface area contributed by atoms with Gasteiger partial charge < -0.3 is 11.1 Å². The molecule has 3 N–H and O–H groups in total. The van der Waals surface area contributed by atoms with Crippen LogP contribution in [0.15, 0.2) is 0 Å². The SMILES string of the molecule is CC(C)CC[C@H]([C@H](C)[C@@H](C)CNCC(C)C)[C@H](C)N. The Kier molecular flexibility index (Phi) is 9.72. The molecule has 0 aliphatic rings. The molecule has 0 aromatic carbocycles. The fourth-order valence-corrected chi connectivity index (χ4v) is 2.74. The van der Waals surface area contributed by atoms with Crippen molar-refractivity contribution in [1.29, 1.82) is 0 Å². The Bertz CT molecular complexity index is 211. The third-order valence-electron chi connectivity index (χ3n) is 4.34. The van der Waals surface area contributed by atoms with Gasteiger partial charge >= 0.3 is 0 Å². The van der Waals surface area contributed by atoms with Crippen molar-refractivity contribution in [1.82, 2.24) is 5.32 Å². The highest BCUT2D eigenvalue weighted by molar-refractivity contribution is 4.79. The van der Waals surface area contributed by atoms with E-state index < -0.39 is 0 Å². The minimum absolute atomic E-state index is 0.307. The Morgan fingerprint density at radius 2 is 1.37 bits per heavy atom. The van der Waals surface area contributed by atoms with E-state index in [0.717, 1.165) is 24.9 Å². The molecule has 0 fully saturated rings. The van der Waals surface area contributed by atoms with Gasteiger partial charge in [0.1, 0.15) is 0 Å². The molecule has 0 bridgehead atoms. The molecule has 0 amide bonds. The lowest BCUT2D eigenvalue weighted by atomic mass is 9.77. The molecule has 0 unspecified atom stereocenters. The molecule has 116 valence electrons. The van der Waals surface area contributed by atoms with Crippen LogP contribution < -0.4 is 11.1 Å². The van der Waals surface area contributed by atoms with E-state index in [1.165, 1.54) is 12.8 Å². The van der Waals surface area contributed by atoms with Crippen LogP contribution in [0.25, 0.3) is 0 Å². The first kappa shape index (κ1) is 18.9. The second-order valence-corrected chi connectivity index (χ2v) is 7.38. The van der Waals surface area contributed by atoms with Gasteiger partial charge in [0.15, 0.2) is 0 Å². The molecule has 0 aliphatic carbocycles. The van der Waals surface area contributed by atoms with Gasteiger partial charge in [0.25, 0.3) is 0 Å². The van der Waals surface area contributed by atoms with Gasteiger partial charge in [0, 0.05) is 6.04 Å². The van der Waals surface area contributed by atoms with Crippen molar-refractivity contribution in [3.05, 3.63) is 0 Å². The van der Waals surface area contributed by atoms with Crippen molar-refractivity contribution in [2.45, 2.75) is 67.3 Å². The number of rotatable bonds is 10. The fourth-order valence-electron chi connectivity index (χ4n) is 2.74. The van der Waals surface area contributed by atoms with E-state index in [9.17, 15) is 0 Å². The summed E-state index contributed by atoms with van der Waals surface area (Å²) in [5, 5.41) is 3.58. The predicted molar refractivity (Wildman–Crippen MR) is 87.2 cm³/mol. The molecular weight excluding hydrogens is 232 g/mol. The Balaban J connectivity index is 4.24. The quantitative estimate of drug-likeness (QED) is 0.632. The van der Waals surface area contributed by atoms with Crippen molar-refractivity contribution in [2.75, 3.05) is 13.1 Å². The second kappa shape index (κ2) is 9.77. The van der Waals surface area contributed by atoms with Crippen molar-refractivity contribution >= 4 is 0 Å². The molecule has 0 radical (unpaired) electrons. The zero-order chi connectivity index (χ0) is 15.0. The zero-order valence-corrected chi connectivity index (χ0v) is 14.4. The Morgan fingerprint density at radius 3 is 1.79 bits per heavy atom. The van der Waals surface area contributed by atoms with Gasteiger partial charge in [-0.3, -0.25) is 0 Å². The van der Waals surface area contributed by atoms with Crippen LogP contribution in [0.2, 0.25) is 0 Å². The molecule has 0 spiro atoms. The molecule has 0 aromatic rings. The highest BCUT2D eigenvalue weighted by Crippen LogP contribution is 2.28. The van der Waals surface area contributed by atoms with E-state index >= 15 is 0 Å². The van der Waals surface area contributed by atoms with Crippen LogP contribution >= 0.6 is 0 Å². The van der Waals surface area contributed by atoms with Gasteiger partial charge in [-0.2, -0.15) is 0 Å². The van der Waals surface area contributed by atoms with Crippen LogP contribution in [0.4, 0.5) is 0 Å². The van der Waals surface area contributed by atoms with Gasteiger partial charge in [0.05, 0.1) is 0 Å². The van der Waals surface area contributed by atoms with Crippen LogP contribution in [-0.4, -0.2) is 19.1 Å². The van der Waals surface area contributed by atoms with E-state index in [2.05, 4.69) is 53.8 Å². The molecule has 4 atom stereocenters. The monoisotopic (exact) mass is 270 g/mol. The molecule has 2 nitrogen and oxygen atoms in total. The highest BCUT2D eigenvalue weighted by atomic mass is 14.9. The van der Waals surface area contributed by atoms with Crippen LogP contribution in [0, 0.1) is 29.6 Å². The number of hydrogen-bond donors (Lipinski definition) is 2. The largest absolute Gasteiger partial charge is 0.328 e. The standard InChI is InChI=1S/C17H38N2/c1-12(2)8-9-17(16(7)18)15(6)14(5)11-19-10-13(3)4/h12-17,19H,8-11,18H2,1-7H3/t14-,15+,16-,17+/m0/s1. The Labute approximate surface area is 121 Å². The average Bonchev–Trinajstić information content (AvgIpc) is 2.27. The first-order chi connectivity index (χ1) is 8.75. The first-order valence-electron chi connectivity index (χ1n) is 8.21. The fraction of sp³-hybridized carbons (Fsp3) is 1.00. The third-order valence-corrected chi connectivity index (χ3v) is 4.34. The minimum atomic E-state index is 0.307. The van der Waals surface area contributed by atoms with Crippen molar-refractivity contribution in [2.24, 2.45) is 35.3 Å². The molecule has 19 heavy (non-hydrogen) atoms. The van der Waals surface area contributed by atoms with Gasteiger partial charge in [-0.1, -0.05) is 48.0 Å². The van der Waals surface area contributed by atoms with Crippen LogP contribution in [0.1, 0.15) is 61.3 Å². The summed E-state index contributed by atoms with van der Waals surface area (Å²) >= 11 is 0. The molecule has 2 heteroatoms. The molecule has 0 aliphatic heterocycles. The molecule has 0 saturated heterocycles. The summed E-state index contributed by atoms with van der Waals surface area (Å²) in [6.07, 6.45) is 2.56. The predicted octanol–water partition coefficient (Wildman–Crippen LogP) is 3.90. The maximum Gasteiger partial charge on any atom is 0.00414 e. The minimum Gasteiger partial charge on any atom is -0.328 e. The lowest BCUT2D eigenvalue weighted by molar-refractivity contribution is 0.205. The topological polar surface area (TPSA) is 38.0 Å². The number of hydrogen-bond acceptors (Lipinski definition) is 2. The molecular formula is C17H38N2. The molecule has 0 rings (SSSR count). The normalized spacial score (nSPS) is 18.6. The summed E-state index contributed by atoms with van der Waals surface area (Å²) in [4.78, 5) is 0. The van der Waals surface area contributed by atoms with Crippen LogP contribution in [0.5, 0.6) is 0 Å². The molecule has 0 saturated carbocycles. The summed E-state index contributed by atoms with van der Waals surface area (Å²) < 4.78 is 0. The van der Waals surface area contributed by atoms with E-state index in [1.54, 1.807) is 0 Å². The first-order valence-corrected chi connectivity index (χ1v) is 8.21. The summed E-state index contributed by atoms with van der Waals surface area (Å²) in [6, 6.07) is 0.307. The Hall–Kier alpha value is -0.0800. The summed E-state index contributed by atoms with van der Waals surface area (Å²) in [5.74, 6) is 3.55. The average molecular weight is 271 g/mol. The number of nitrogens with one attached hydrogen (secondary N) is 1. The van der Waals surface area contributed by atoms with Crippen LogP contribution in [-0.2, 0) is 0 Å². The van der Waals surface area contributed by atoms with Crippen LogP contribution in [0.3, 0.4) is 0 Å². The third kappa shape index (κ3) is 8.65. The van der Waals surface area contributed by atoms with Gasteiger partial charge in [0.2, 0.25) is 0 Å². The number of nitrogens with two attached hydrogens (primary N) is 1. The smallest absolute Gasteiger partial charge is 0.00414 e. The van der Waals surface area contributed by atoms with Crippen molar-refractivity contribution < 1.29 is 0 Å². The van der Waals surface area contributed by atoms with E-state index in [4.69, 9.17) is 5.73 Å². The maximum absolute atomic E-state index is 6.22. The van der Waals surface area contributed by atoms with E-state index in [1.807, 2.05) is 0 Å². The lowest BCUT2D eigenvalue weighted by Gasteiger charge is -2.32. The molecule has 0 heterocycles. The van der Waals surface area contributed by atoms with Gasteiger partial charge in [-0.05, 0) is 56.0 Å². The molecule has 0 aromatic heterocycles. The second-order valence-electron chi connectivity index (χ2n) is 7.38. The summed E-state index contributed by atoms with van der Waals surface area (Å²) in [7, 11) is 0. The zero-order valence-electron chi connectivity index (χ0n) is 14.4. The van der Waals surface area contributed by atoms with Crippen molar-refractivity contribution in [3.8, 4) is 0 Å². The Morgan fingerprint density at radius 1 is 0.789 bits per heavy atom. The van der Waals surface area contributed by atoms with Crippen molar-refractivity contribution in [3.63, 3.8) is 0 Å². The summed E-state index contributed by atoms with van der Waals surface area (Å²) in [5.41, 5.74) is 6.22. The van der Waals surface area contributed by atoms with Gasteiger partial charge in [-0.15, -0.1) is 0 Å².